The van der Waals surface area contributed by atoms with E-state index in [1.807, 2.05) is 24.3 Å². The molecule has 1 aliphatic rings. The minimum Gasteiger partial charge on any atom is -0.208 e. The molecule has 0 spiro atoms. The molecule has 57 heavy (non-hydrogen) atoms. The maximum Gasteiger partial charge on any atom is 0.164 e. The van der Waals surface area contributed by atoms with Crippen LogP contribution in [0.5, 0.6) is 0 Å². The Morgan fingerprint density at radius 1 is 0.509 bits per heavy atom. The monoisotopic (exact) mass is 731 g/mol. The first kappa shape index (κ1) is 35.5. The molecule has 0 bridgehead atoms. The summed E-state index contributed by atoms with van der Waals surface area (Å²) in [5, 5.41) is 4.84. The molecule has 1 heterocycles. The molecule has 3 nitrogen and oxygen atoms in total. The molecule has 8 aromatic rings. The molecule has 7 aromatic carbocycles. The van der Waals surface area contributed by atoms with E-state index in [0.29, 0.717) is 17.5 Å². The smallest absolute Gasteiger partial charge is 0.164 e. The van der Waals surface area contributed by atoms with Crippen molar-refractivity contribution in [2.45, 2.75) is 32.6 Å². The van der Waals surface area contributed by atoms with Gasteiger partial charge in [-0.25, -0.2) is 15.0 Å². The first-order chi connectivity index (χ1) is 28.2. The number of rotatable bonds is 8. The minimum atomic E-state index is 0.615. The number of fused-ring (bicyclic) bond motifs is 2. The summed E-state index contributed by atoms with van der Waals surface area (Å²) in [4.78, 5) is 15.4. The average Bonchev–Trinajstić information content (AvgIpc) is 3.29. The van der Waals surface area contributed by atoms with Gasteiger partial charge >= 0.3 is 0 Å². The van der Waals surface area contributed by atoms with Gasteiger partial charge < -0.3 is 0 Å². The lowest BCUT2D eigenvalue weighted by atomic mass is 9.85. The van der Waals surface area contributed by atoms with Crippen LogP contribution in [0.15, 0.2) is 187 Å². The normalized spacial score (nSPS) is 13.4. The van der Waals surface area contributed by atoms with E-state index in [2.05, 4.69) is 165 Å². The molecular weight excluding hydrogens is 691 g/mol. The molecule has 1 aliphatic carbocycles. The zero-order chi connectivity index (χ0) is 38.6. The van der Waals surface area contributed by atoms with Crippen LogP contribution in [0.3, 0.4) is 0 Å². The molecule has 0 N–H and O–H groups in total. The van der Waals surface area contributed by atoms with Crippen LogP contribution < -0.4 is 0 Å². The van der Waals surface area contributed by atoms with Crippen molar-refractivity contribution >= 4 is 27.1 Å². The average molecular weight is 732 g/mol. The predicted octanol–water partition coefficient (Wildman–Crippen LogP) is 14.0. The Kier molecular flexibility index (Phi) is 9.92. The largest absolute Gasteiger partial charge is 0.208 e. The highest BCUT2D eigenvalue weighted by atomic mass is 15.0. The summed E-state index contributed by atoms with van der Waals surface area (Å²) >= 11 is 0. The lowest BCUT2D eigenvalue weighted by molar-refractivity contribution is 0.709. The van der Waals surface area contributed by atoms with Crippen molar-refractivity contribution in [3.05, 3.63) is 193 Å². The van der Waals surface area contributed by atoms with Crippen LogP contribution in [0.2, 0.25) is 0 Å². The fourth-order valence-corrected chi connectivity index (χ4v) is 8.33. The van der Waals surface area contributed by atoms with Gasteiger partial charge in [0, 0.05) is 16.7 Å². The Morgan fingerprint density at radius 3 is 1.56 bits per heavy atom. The molecule has 0 fully saturated rings. The van der Waals surface area contributed by atoms with Crippen molar-refractivity contribution in [1.29, 1.82) is 0 Å². The molecule has 0 aliphatic heterocycles. The van der Waals surface area contributed by atoms with E-state index in [-0.39, 0.29) is 0 Å². The molecule has 0 atom stereocenters. The van der Waals surface area contributed by atoms with E-state index in [9.17, 15) is 0 Å². The van der Waals surface area contributed by atoms with E-state index in [1.165, 1.54) is 56.6 Å². The number of hydrogen-bond donors (Lipinski definition) is 0. The second-order valence-electron chi connectivity index (χ2n) is 14.4. The zero-order valence-corrected chi connectivity index (χ0v) is 32.0. The van der Waals surface area contributed by atoms with Crippen LogP contribution in [0.25, 0.3) is 83.5 Å². The molecule has 0 saturated carbocycles. The molecule has 3 heteroatoms. The Morgan fingerprint density at radius 2 is 1.00 bits per heavy atom. The Bertz CT molecular complexity index is 2850. The van der Waals surface area contributed by atoms with Gasteiger partial charge in [-0.3, -0.25) is 0 Å². The number of aromatic nitrogens is 3. The number of nitrogens with zero attached hydrogens (tertiary/aromatic N) is 3. The van der Waals surface area contributed by atoms with Gasteiger partial charge in [-0.05, 0) is 117 Å². The van der Waals surface area contributed by atoms with E-state index < -0.39 is 0 Å². The predicted molar refractivity (Wildman–Crippen MR) is 239 cm³/mol. The summed E-state index contributed by atoms with van der Waals surface area (Å²) in [6, 6.07) is 55.5. The molecule has 1 aromatic heterocycles. The molecule has 9 rings (SSSR count). The Balaban J connectivity index is 1.20. The summed E-state index contributed by atoms with van der Waals surface area (Å²) < 4.78 is 0. The minimum absolute atomic E-state index is 0.615. The summed E-state index contributed by atoms with van der Waals surface area (Å²) in [5.41, 5.74) is 12.1. The van der Waals surface area contributed by atoms with Gasteiger partial charge in [-0.15, -0.1) is 6.42 Å². The molecule has 0 amide bonds. The van der Waals surface area contributed by atoms with Crippen molar-refractivity contribution in [3.8, 4) is 68.8 Å². The standard InChI is InChI=1S/C54H41N3/c1-3-20-45(37-21-8-5-9-22-37)44(4-2)40-27-18-29-42(35-40)53-55-52(39-25-12-7-13-26-39)56-54(57-53)43-30-19-28-41(36-43)51-48-33-16-14-31-46(48)50(38-23-10-6-11-24-38)47-32-15-17-34-49(47)51/h1,4,6-7,10-21,23-36H,5,8-9,22H2,2H3/b44-4-,45-20-. The van der Waals surface area contributed by atoms with Gasteiger partial charge in [0.2, 0.25) is 0 Å². The first-order valence-corrected chi connectivity index (χ1v) is 19.7. The summed E-state index contributed by atoms with van der Waals surface area (Å²) in [7, 11) is 0. The van der Waals surface area contributed by atoms with Crippen LogP contribution in [-0.4, -0.2) is 15.0 Å². The lowest BCUT2D eigenvalue weighted by Gasteiger charge is -2.19. The lowest BCUT2D eigenvalue weighted by Crippen LogP contribution is -2.02. The van der Waals surface area contributed by atoms with Crippen molar-refractivity contribution in [2.24, 2.45) is 0 Å². The van der Waals surface area contributed by atoms with E-state index in [1.54, 1.807) is 0 Å². The highest BCUT2D eigenvalue weighted by molar-refractivity contribution is 6.21. The van der Waals surface area contributed by atoms with Crippen LogP contribution in [0, 0.1) is 12.3 Å². The first-order valence-electron chi connectivity index (χ1n) is 19.7. The fraction of sp³-hybridized carbons (Fsp3) is 0.0926. The van der Waals surface area contributed by atoms with Gasteiger partial charge in [-0.1, -0.05) is 164 Å². The van der Waals surface area contributed by atoms with Crippen LogP contribution in [-0.2, 0) is 0 Å². The van der Waals surface area contributed by atoms with Gasteiger partial charge in [0.25, 0.3) is 0 Å². The molecule has 0 unspecified atom stereocenters. The van der Waals surface area contributed by atoms with E-state index in [4.69, 9.17) is 21.4 Å². The maximum absolute atomic E-state index is 5.90. The van der Waals surface area contributed by atoms with Gasteiger partial charge in [-0.2, -0.15) is 0 Å². The SMILES string of the molecule is C#C/C=C(C1=CCCCC1)\C(=C/C)c1cccc(-c2nc(-c3ccccc3)nc(-c3cccc(-c4c5ccccc5c(-c5ccccc5)c5ccccc45)c3)n2)c1. The number of terminal acetylenes is 1. The van der Waals surface area contributed by atoms with Crippen LogP contribution >= 0.6 is 0 Å². The third kappa shape index (κ3) is 6.99. The van der Waals surface area contributed by atoms with Crippen molar-refractivity contribution in [1.82, 2.24) is 15.0 Å². The summed E-state index contributed by atoms with van der Waals surface area (Å²) in [5.74, 6) is 4.68. The Labute approximate surface area is 334 Å². The number of benzene rings is 7. The summed E-state index contributed by atoms with van der Waals surface area (Å²) in [6.07, 6.45) is 16.8. The van der Waals surface area contributed by atoms with E-state index in [0.717, 1.165) is 51.8 Å². The molecule has 272 valence electrons. The van der Waals surface area contributed by atoms with Crippen LogP contribution in [0.4, 0.5) is 0 Å². The molecule has 0 radical (unpaired) electrons. The molecular formula is C54H41N3. The number of hydrogen-bond acceptors (Lipinski definition) is 3. The highest BCUT2D eigenvalue weighted by Gasteiger charge is 2.19. The number of allylic oxidation sites excluding steroid dienone is 6. The molecule has 0 saturated heterocycles. The third-order valence-electron chi connectivity index (χ3n) is 10.9. The Hall–Kier alpha value is -7.15. The van der Waals surface area contributed by atoms with Gasteiger partial charge in [0.05, 0.1) is 0 Å². The van der Waals surface area contributed by atoms with Gasteiger partial charge in [0.15, 0.2) is 17.5 Å². The van der Waals surface area contributed by atoms with Crippen LogP contribution in [0.1, 0.15) is 38.2 Å². The quantitative estimate of drug-likeness (QED) is 0.0887. The second kappa shape index (κ2) is 15.9. The highest BCUT2D eigenvalue weighted by Crippen LogP contribution is 2.44. The zero-order valence-electron chi connectivity index (χ0n) is 32.0. The van der Waals surface area contributed by atoms with Gasteiger partial charge in [0.1, 0.15) is 0 Å². The van der Waals surface area contributed by atoms with E-state index >= 15 is 0 Å². The maximum atomic E-state index is 5.90. The third-order valence-corrected chi connectivity index (χ3v) is 10.9. The summed E-state index contributed by atoms with van der Waals surface area (Å²) in [6.45, 7) is 2.08. The topological polar surface area (TPSA) is 38.7 Å². The van der Waals surface area contributed by atoms with Crippen molar-refractivity contribution in [3.63, 3.8) is 0 Å². The van der Waals surface area contributed by atoms with Crippen molar-refractivity contribution < 1.29 is 0 Å². The fourth-order valence-electron chi connectivity index (χ4n) is 8.33. The second-order valence-corrected chi connectivity index (χ2v) is 14.4. The van der Waals surface area contributed by atoms with Crippen molar-refractivity contribution in [2.75, 3.05) is 0 Å².